The van der Waals surface area contributed by atoms with Crippen molar-refractivity contribution in [1.29, 1.82) is 0 Å². The summed E-state index contributed by atoms with van der Waals surface area (Å²) in [5.41, 5.74) is 2.90. The van der Waals surface area contributed by atoms with E-state index in [4.69, 9.17) is 0 Å². The van der Waals surface area contributed by atoms with Gasteiger partial charge in [-0.25, -0.2) is 8.42 Å². The van der Waals surface area contributed by atoms with Gasteiger partial charge < -0.3 is 0 Å². The van der Waals surface area contributed by atoms with E-state index in [9.17, 15) is 13.2 Å². The standard InChI is InChI=1S/C20H22N4O3S/c1-28(26,27)24-10-4-5-14-11-15(7-8-19(14)24)20(25)13-16-12-18(23-22-16)17-6-2-3-9-21-17/h2-3,6-9,11,14,19H,4-5,10,12-13H2,1H3. The molecular weight excluding hydrogens is 376 g/mol. The molecule has 1 fully saturated rings. The zero-order valence-electron chi connectivity index (χ0n) is 15.7. The third-order valence-corrected chi connectivity index (χ3v) is 6.59. The van der Waals surface area contributed by atoms with Crippen LogP contribution in [0, 0.1) is 5.92 Å². The fraction of sp³-hybridized carbons (Fsp3) is 0.400. The van der Waals surface area contributed by atoms with Gasteiger partial charge in [0.05, 0.1) is 29.8 Å². The number of rotatable bonds is 5. The number of fused-ring (bicyclic) bond motifs is 1. The van der Waals surface area contributed by atoms with Gasteiger partial charge in [-0.15, -0.1) is 0 Å². The molecule has 7 nitrogen and oxygen atoms in total. The molecule has 2 atom stereocenters. The summed E-state index contributed by atoms with van der Waals surface area (Å²) in [5, 5.41) is 8.33. The van der Waals surface area contributed by atoms with Crippen LogP contribution in [-0.2, 0) is 14.8 Å². The minimum Gasteiger partial charge on any atom is -0.294 e. The van der Waals surface area contributed by atoms with Gasteiger partial charge >= 0.3 is 0 Å². The van der Waals surface area contributed by atoms with Gasteiger partial charge in [0.25, 0.3) is 0 Å². The van der Waals surface area contributed by atoms with Crippen molar-refractivity contribution in [1.82, 2.24) is 9.29 Å². The van der Waals surface area contributed by atoms with Crippen molar-refractivity contribution in [3.8, 4) is 0 Å². The zero-order chi connectivity index (χ0) is 19.7. The summed E-state index contributed by atoms with van der Waals surface area (Å²) in [5.74, 6) is 0.0284. The van der Waals surface area contributed by atoms with Crippen LogP contribution >= 0.6 is 0 Å². The highest BCUT2D eigenvalue weighted by molar-refractivity contribution is 7.88. The van der Waals surface area contributed by atoms with E-state index in [-0.39, 0.29) is 24.2 Å². The van der Waals surface area contributed by atoms with E-state index in [1.165, 1.54) is 10.6 Å². The van der Waals surface area contributed by atoms with E-state index in [2.05, 4.69) is 15.2 Å². The molecular formula is C20H22N4O3S. The molecule has 1 aromatic rings. The van der Waals surface area contributed by atoms with Gasteiger partial charge in [-0.2, -0.15) is 14.5 Å². The lowest BCUT2D eigenvalue weighted by Crippen LogP contribution is -2.47. The Morgan fingerprint density at radius 2 is 2.14 bits per heavy atom. The van der Waals surface area contributed by atoms with Gasteiger partial charge in [-0.05, 0) is 30.9 Å². The Labute approximate surface area is 164 Å². The van der Waals surface area contributed by atoms with Crippen LogP contribution in [0.5, 0.6) is 0 Å². The third kappa shape index (κ3) is 3.88. The summed E-state index contributed by atoms with van der Waals surface area (Å²) in [6.45, 7) is 0.534. The average molecular weight is 398 g/mol. The van der Waals surface area contributed by atoms with Crippen molar-refractivity contribution >= 4 is 27.2 Å². The number of hydrogen-bond donors (Lipinski definition) is 0. The smallest absolute Gasteiger partial charge is 0.211 e. The van der Waals surface area contributed by atoms with Crippen LogP contribution in [0.15, 0.2) is 58.4 Å². The van der Waals surface area contributed by atoms with Crippen LogP contribution in [0.4, 0.5) is 0 Å². The molecule has 3 aliphatic rings. The Kier molecular flexibility index (Phi) is 5.07. The fourth-order valence-electron chi connectivity index (χ4n) is 3.95. The normalized spacial score (nSPS) is 25.0. The van der Waals surface area contributed by atoms with Crippen molar-refractivity contribution < 1.29 is 13.2 Å². The largest absolute Gasteiger partial charge is 0.294 e. The monoisotopic (exact) mass is 398 g/mol. The first kappa shape index (κ1) is 18.9. The van der Waals surface area contributed by atoms with Crippen LogP contribution in [0.2, 0.25) is 0 Å². The van der Waals surface area contributed by atoms with Gasteiger partial charge in [0.15, 0.2) is 5.78 Å². The molecule has 0 bridgehead atoms. The Bertz CT molecular complexity index is 1010. The molecule has 0 spiro atoms. The highest BCUT2D eigenvalue weighted by atomic mass is 32.2. The summed E-state index contributed by atoms with van der Waals surface area (Å²) < 4.78 is 25.5. The molecule has 8 heteroatoms. The van der Waals surface area contributed by atoms with Crippen LogP contribution < -0.4 is 0 Å². The van der Waals surface area contributed by atoms with Crippen molar-refractivity contribution in [3.63, 3.8) is 0 Å². The Morgan fingerprint density at radius 3 is 2.89 bits per heavy atom. The number of piperidine rings is 1. The van der Waals surface area contributed by atoms with Gasteiger partial charge in [0.2, 0.25) is 10.0 Å². The van der Waals surface area contributed by atoms with Crippen LogP contribution in [0.1, 0.15) is 31.4 Å². The van der Waals surface area contributed by atoms with Crippen molar-refractivity contribution in [2.75, 3.05) is 12.8 Å². The number of allylic oxidation sites excluding steroid dienone is 2. The molecule has 1 saturated heterocycles. The molecule has 4 rings (SSSR count). The first-order valence-corrected chi connectivity index (χ1v) is 11.2. The van der Waals surface area contributed by atoms with E-state index in [1.54, 1.807) is 12.3 Å². The van der Waals surface area contributed by atoms with Gasteiger partial charge in [-0.1, -0.05) is 24.3 Å². The summed E-state index contributed by atoms with van der Waals surface area (Å²) in [7, 11) is -3.26. The Hall–Kier alpha value is -2.45. The fourth-order valence-corrected chi connectivity index (χ4v) is 5.08. The Balaban J connectivity index is 1.40. The average Bonchev–Trinajstić information content (AvgIpc) is 3.15. The minimum atomic E-state index is -3.26. The minimum absolute atomic E-state index is 0.0117. The molecule has 0 N–H and O–H groups in total. The lowest BCUT2D eigenvalue weighted by atomic mass is 9.83. The number of hydrogen-bond acceptors (Lipinski definition) is 6. The first-order chi connectivity index (χ1) is 13.4. The summed E-state index contributed by atoms with van der Waals surface area (Å²) >= 11 is 0. The number of carbonyl (C=O) groups is 1. The van der Waals surface area contributed by atoms with Crippen molar-refractivity contribution in [3.05, 3.63) is 53.9 Å². The lowest BCUT2D eigenvalue weighted by Gasteiger charge is -2.38. The maximum atomic E-state index is 12.8. The van der Waals surface area contributed by atoms with E-state index in [0.29, 0.717) is 18.5 Å². The van der Waals surface area contributed by atoms with E-state index < -0.39 is 10.0 Å². The molecule has 146 valence electrons. The van der Waals surface area contributed by atoms with Gasteiger partial charge in [0, 0.05) is 30.8 Å². The second-order valence-electron chi connectivity index (χ2n) is 7.36. The highest BCUT2D eigenvalue weighted by Crippen LogP contribution is 2.32. The Morgan fingerprint density at radius 1 is 1.29 bits per heavy atom. The molecule has 0 radical (unpaired) electrons. The molecule has 0 amide bonds. The molecule has 2 unspecified atom stereocenters. The number of Topliss-reactive ketones (excluding diaryl/α,β-unsaturated/α-hetero) is 1. The molecule has 3 heterocycles. The second-order valence-corrected chi connectivity index (χ2v) is 9.29. The summed E-state index contributed by atoms with van der Waals surface area (Å²) in [4.78, 5) is 17.0. The highest BCUT2D eigenvalue weighted by Gasteiger charge is 2.36. The number of aromatic nitrogens is 1. The van der Waals surface area contributed by atoms with Crippen LogP contribution in [0.3, 0.4) is 0 Å². The first-order valence-electron chi connectivity index (χ1n) is 9.35. The van der Waals surface area contributed by atoms with E-state index in [1.807, 2.05) is 30.4 Å². The van der Waals surface area contributed by atoms with Gasteiger partial charge in [0.1, 0.15) is 0 Å². The number of sulfonamides is 1. The predicted molar refractivity (Wildman–Crippen MR) is 108 cm³/mol. The van der Waals surface area contributed by atoms with E-state index in [0.717, 1.165) is 30.0 Å². The number of nitrogens with zero attached hydrogens (tertiary/aromatic N) is 4. The quantitative estimate of drug-likeness (QED) is 0.759. The van der Waals surface area contributed by atoms with E-state index >= 15 is 0 Å². The molecule has 1 aliphatic carbocycles. The summed E-state index contributed by atoms with van der Waals surface area (Å²) in [6.07, 6.45) is 10.9. The second kappa shape index (κ2) is 7.52. The van der Waals surface area contributed by atoms with Crippen molar-refractivity contribution in [2.24, 2.45) is 16.1 Å². The predicted octanol–water partition coefficient (Wildman–Crippen LogP) is 2.13. The maximum Gasteiger partial charge on any atom is 0.211 e. The number of pyridine rings is 1. The molecule has 0 saturated carbocycles. The van der Waals surface area contributed by atoms with Gasteiger partial charge in [-0.3, -0.25) is 9.78 Å². The zero-order valence-corrected chi connectivity index (χ0v) is 16.5. The molecule has 28 heavy (non-hydrogen) atoms. The van der Waals surface area contributed by atoms with Crippen LogP contribution in [0.25, 0.3) is 0 Å². The van der Waals surface area contributed by atoms with Crippen LogP contribution in [-0.4, -0.2) is 53.8 Å². The third-order valence-electron chi connectivity index (χ3n) is 5.31. The SMILES string of the molecule is CS(=O)(=O)N1CCCC2C=C(C(=O)CC3=NN=C(c4ccccn4)C3)C=CC21. The topological polar surface area (TPSA) is 92.1 Å². The van der Waals surface area contributed by atoms with Crippen molar-refractivity contribution in [2.45, 2.75) is 31.7 Å². The molecule has 2 aliphatic heterocycles. The number of carbonyl (C=O) groups excluding carboxylic acids is 1. The lowest BCUT2D eigenvalue weighted by molar-refractivity contribution is -0.114. The molecule has 1 aromatic heterocycles. The molecule has 0 aromatic carbocycles. The number of ketones is 1. The maximum absolute atomic E-state index is 12.8. The summed E-state index contributed by atoms with van der Waals surface area (Å²) in [6, 6.07) is 5.42.